The minimum atomic E-state index is -1.10. The molecule has 0 bridgehead atoms. The van der Waals surface area contributed by atoms with E-state index in [1.165, 1.54) is 18.2 Å². The molecular weight excluding hydrogens is 273 g/mol. The lowest BCUT2D eigenvalue weighted by Crippen LogP contribution is -2.14. The Kier molecular flexibility index (Phi) is 3.79. The van der Waals surface area contributed by atoms with Gasteiger partial charge in [-0.1, -0.05) is 17.3 Å². The number of amidine groups is 1. The molecule has 0 radical (unpaired) electrons. The van der Waals surface area contributed by atoms with E-state index in [4.69, 9.17) is 15.7 Å². The molecule has 0 amide bonds. The van der Waals surface area contributed by atoms with E-state index >= 15 is 0 Å². The zero-order chi connectivity index (χ0) is 14.7. The minimum Gasteiger partial charge on any atom is -0.448 e. The largest absolute Gasteiger partial charge is 0.448 e. The van der Waals surface area contributed by atoms with Crippen molar-refractivity contribution in [3.63, 3.8) is 0 Å². The molecule has 4 nitrogen and oxygen atoms in total. The molecule has 2 rings (SSSR count). The van der Waals surface area contributed by atoms with Crippen LogP contribution in [0.1, 0.15) is 5.56 Å². The van der Waals surface area contributed by atoms with E-state index in [0.29, 0.717) is 0 Å². The molecule has 0 fully saturated rings. The molecule has 2 aromatic carbocycles. The van der Waals surface area contributed by atoms with Crippen LogP contribution in [0.2, 0.25) is 0 Å². The van der Waals surface area contributed by atoms with Crippen molar-refractivity contribution < 1.29 is 23.1 Å². The zero-order valence-electron chi connectivity index (χ0n) is 9.98. The van der Waals surface area contributed by atoms with Gasteiger partial charge in [-0.25, -0.2) is 13.2 Å². The van der Waals surface area contributed by atoms with E-state index < -0.39 is 29.0 Å². The van der Waals surface area contributed by atoms with Crippen molar-refractivity contribution in [3.8, 4) is 11.5 Å². The van der Waals surface area contributed by atoms with Crippen molar-refractivity contribution >= 4 is 5.84 Å². The van der Waals surface area contributed by atoms with Crippen molar-refractivity contribution in [2.75, 3.05) is 0 Å². The molecule has 20 heavy (non-hydrogen) atoms. The van der Waals surface area contributed by atoms with Crippen LogP contribution < -0.4 is 10.5 Å². The predicted octanol–water partition coefficient (Wildman–Crippen LogP) is 2.99. The summed E-state index contributed by atoms with van der Waals surface area (Å²) in [5.41, 5.74) is 5.06. The van der Waals surface area contributed by atoms with Gasteiger partial charge in [0.1, 0.15) is 0 Å². The fourth-order valence-corrected chi connectivity index (χ4v) is 1.50. The highest BCUT2D eigenvalue weighted by Gasteiger charge is 2.16. The average Bonchev–Trinajstić information content (AvgIpc) is 2.43. The maximum Gasteiger partial charge on any atom is 0.198 e. The molecule has 0 aromatic heterocycles. The van der Waals surface area contributed by atoms with E-state index in [2.05, 4.69) is 5.16 Å². The first-order valence-electron chi connectivity index (χ1n) is 5.42. The minimum absolute atomic E-state index is 0.164. The third-order valence-corrected chi connectivity index (χ3v) is 2.45. The van der Waals surface area contributed by atoms with E-state index in [1.54, 1.807) is 0 Å². The van der Waals surface area contributed by atoms with Crippen LogP contribution in [0.4, 0.5) is 13.2 Å². The molecular formula is C13H9F3N2O2. The number of ether oxygens (including phenoxy) is 1. The highest BCUT2D eigenvalue weighted by atomic mass is 19.1. The SMILES string of the molecule is N/C(=N/O)c1cc(F)c(Oc2ccccc2F)c(F)c1. The molecule has 0 aliphatic heterocycles. The molecule has 3 N–H and O–H groups in total. The zero-order valence-corrected chi connectivity index (χ0v) is 9.98. The Morgan fingerprint density at radius 1 is 1.05 bits per heavy atom. The summed E-state index contributed by atoms with van der Waals surface area (Å²) in [5, 5.41) is 11.1. The molecule has 2 aromatic rings. The number of nitrogens with zero attached hydrogens (tertiary/aromatic N) is 1. The summed E-state index contributed by atoms with van der Waals surface area (Å²) in [6, 6.07) is 6.82. The molecule has 0 aliphatic carbocycles. The number of hydrogen-bond donors (Lipinski definition) is 2. The molecule has 0 unspecified atom stereocenters. The van der Waals surface area contributed by atoms with Crippen molar-refractivity contribution in [1.29, 1.82) is 0 Å². The van der Waals surface area contributed by atoms with Gasteiger partial charge in [-0.15, -0.1) is 0 Å². The van der Waals surface area contributed by atoms with Gasteiger partial charge in [-0.2, -0.15) is 0 Å². The number of para-hydroxylation sites is 1. The van der Waals surface area contributed by atoms with Crippen LogP contribution in [0.5, 0.6) is 11.5 Å². The number of nitrogens with two attached hydrogens (primary N) is 1. The van der Waals surface area contributed by atoms with Crippen LogP contribution in [0.3, 0.4) is 0 Å². The van der Waals surface area contributed by atoms with Gasteiger partial charge >= 0.3 is 0 Å². The maximum absolute atomic E-state index is 13.7. The standard InChI is InChI=1S/C13H9F3N2O2/c14-8-3-1-2-4-11(8)20-12-9(15)5-7(6-10(12)16)13(17)18-19/h1-6,19H,(H2,17,18). The Labute approximate surface area is 111 Å². The predicted molar refractivity (Wildman–Crippen MR) is 65.3 cm³/mol. The number of rotatable bonds is 3. The number of oxime groups is 1. The Morgan fingerprint density at radius 2 is 1.65 bits per heavy atom. The molecule has 104 valence electrons. The van der Waals surface area contributed by atoms with Crippen molar-refractivity contribution in [3.05, 3.63) is 59.4 Å². The van der Waals surface area contributed by atoms with Crippen molar-refractivity contribution in [2.45, 2.75) is 0 Å². The first-order valence-corrected chi connectivity index (χ1v) is 5.42. The van der Waals surface area contributed by atoms with Crippen LogP contribution in [-0.2, 0) is 0 Å². The second-order valence-corrected chi connectivity index (χ2v) is 3.79. The van der Waals surface area contributed by atoms with Crippen LogP contribution in [-0.4, -0.2) is 11.0 Å². The van der Waals surface area contributed by atoms with Crippen molar-refractivity contribution in [2.24, 2.45) is 10.9 Å². The molecule has 0 aliphatic rings. The van der Waals surface area contributed by atoms with E-state index in [-0.39, 0.29) is 11.3 Å². The summed E-state index contributed by atoms with van der Waals surface area (Å²) >= 11 is 0. The van der Waals surface area contributed by atoms with Gasteiger partial charge in [0, 0.05) is 5.56 Å². The molecule has 0 saturated carbocycles. The van der Waals surface area contributed by atoms with E-state index in [9.17, 15) is 13.2 Å². The lowest BCUT2D eigenvalue weighted by atomic mass is 10.2. The normalized spacial score (nSPS) is 11.4. The highest BCUT2D eigenvalue weighted by Crippen LogP contribution is 2.30. The molecule has 0 saturated heterocycles. The molecule has 0 spiro atoms. The third kappa shape index (κ3) is 2.66. The lowest BCUT2D eigenvalue weighted by Gasteiger charge is -2.10. The quantitative estimate of drug-likeness (QED) is 0.393. The molecule has 0 heterocycles. The van der Waals surface area contributed by atoms with Crippen LogP contribution >= 0.6 is 0 Å². The summed E-state index contributed by atoms with van der Waals surface area (Å²) in [7, 11) is 0. The second-order valence-electron chi connectivity index (χ2n) is 3.79. The summed E-state index contributed by atoms with van der Waals surface area (Å²) in [6.45, 7) is 0. The van der Waals surface area contributed by atoms with Crippen LogP contribution in [0, 0.1) is 17.5 Å². The fraction of sp³-hybridized carbons (Fsp3) is 0. The van der Waals surface area contributed by atoms with Gasteiger partial charge in [0.25, 0.3) is 0 Å². The summed E-state index contributed by atoms with van der Waals surface area (Å²) in [4.78, 5) is 0. The number of halogens is 3. The summed E-state index contributed by atoms with van der Waals surface area (Å²) in [5.74, 6) is -4.51. The molecule has 7 heteroatoms. The average molecular weight is 282 g/mol. The summed E-state index contributed by atoms with van der Waals surface area (Å²) in [6.07, 6.45) is 0. The maximum atomic E-state index is 13.7. The fourth-order valence-electron chi connectivity index (χ4n) is 1.50. The van der Waals surface area contributed by atoms with Gasteiger partial charge in [0.15, 0.2) is 34.8 Å². The van der Waals surface area contributed by atoms with Gasteiger partial charge < -0.3 is 15.7 Å². The first kappa shape index (κ1) is 13.7. The Morgan fingerprint density at radius 3 is 2.20 bits per heavy atom. The first-order chi connectivity index (χ1) is 9.52. The lowest BCUT2D eigenvalue weighted by molar-refractivity contribution is 0.318. The second kappa shape index (κ2) is 5.52. The monoisotopic (exact) mass is 282 g/mol. The van der Waals surface area contributed by atoms with Crippen LogP contribution in [0.25, 0.3) is 0 Å². The number of benzene rings is 2. The Bertz CT molecular complexity index is 651. The topological polar surface area (TPSA) is 67.8 Å². The van der Waals surface area contributed by atoms with Gasteiger partial charge in [-0.3, -0.25) is 0 Å². The third-order valence-electron chi connectivity index (χ3n) is 2.45. The smallest absolute Gasteiger partial charge is 0.198 e. The summed E-state index contributed by atoms with van der Waals surface area (Å²) < 4.78 is 45.7. The highest BCUT2D eigenvalue weighted by molar-refractivity contribution is 5.97. The number of hydrogen-bond acceptors (Lipinski definition) is 3. The molecule has 0 atom stereocenters. The Hall–Kier alpha value is -2.70. The Balaban J connectivity index is 2.41. The van der Waals surface area contributed by atoms with Gasteiger partial charge in [0.2, 0.25) is 0 Å². The van der Waals surface area contributed by atoms with Gasteiger partial charge in [-0.05, 0) is 24.3 Å². The van der Waals surface area contributed by atoms with Gasteiger partial charge in [0.05, 0.1) is 0 Å². The van der Waals surface area contributed by atoms with E-state index in [1.807, 2.05) is 0 Å². The van der Waals surface area contributed by atoms with E-state index in [0.717, 1.165) is 18.2 Å². The van der Waals surface area contributed by atoms with Crippen LogP contribution in [0.15, 0.2) is 41.6 Å². The van der Waals surface area contributed by atoms with Crippen molar-refractivity contribution in [1.82, 2.24) is 0 Å².